The number of rotatable bonds is 10. The molecule has 7 heteroatoms. The van der Waals surface area contributed by atoms with E-state index < -0.39 is 0 Å². The van der Waals surface area contributed by atoms with Crippen LogP contribution in [0.25, 0.3) is 55.0 Å². The first-order chi connectivity index (χ1) is 23.7. The van der Waals surface area contributed by atoms with Gasteiger partial charge in [0.15, 0.2) is 5.75 Å². The maximum Gasteiger partial charge on any atom is 0.152 e. The van der Waals surface area contributed by atoms with Crippen LogP contribution in [0.1, 0.15) is 26.3 Å². The summed E-state index contributed by atoms with van der Waals surface area (Å²) in [4.78, 5) is 3.77. The van der Waals surface area contributed by atoms with Crippen LogP contribution in [0.5, 0.6) is 28.7 Å². The van der Waals surface area contributed by atoms with Gasteiger partial charge in [0, 0.05) is 34.5 Å². The second kappa shape index (κ2) is 12.8. The van der Waals surface area contributed by atoms with Crippen LogP contribution < -0.4 is 23.7 Å². The molecule has 7 aromatic rings. The van der Waals surface area contributed by atoms with Crippen LogP contribution in [-0.4, -0.2) is 43.6 Å². The number of aromatic nitrogens is 2. The van der Waals surface area contributed by atoms with Crippen LogP contribution in [0, 0.1) is 0 Å². The normalized spacial score (nSPS) is 11.7. The lowest BCUT2D eigenvalue weighted by Crippen LogP contribution is -2.23. The van der Waals surface area contributed by atoms with E-state index in [9.17, 15) is 0 Å². The highest BCUT2D eigenvalue weighted by Gasteiger charge is 2.27. The summed E-state index contributed by atoms with van der Waals surface area (Å²) in [6.07, 6.45) is 3.12. The van der Waals surface area contributed by atoms with Crippen LogP contribution in [0.15, 0.2) is 97.2 Å². The highest BCUT2D eigenvalue weighted by atomic mass is 16.5. The maximum atomic E-state index is 6.51. The molecule has 49 heavy (non-hydrogen) atoms. The molecule has 2 aromatic heterocycles. The molecule has 0 radical (unpaired) electrons. The lowest BCUT2D eigenvalue weighted by Gasteiger charge is -2.21. The molecule has 7 rings (SSSR count). The van der Waals surface area contributed by atoms with Crippen molar-refractivity contribution in [3.05, 3.63) is 103 Å². The average molecular weight is 655 g/mol. The molecule has 250 valence electrons. The van der Waals surface area contributed by atoms with Crippen molar-refractivity contribution < 1.29 is 23.7 Å². The molecule has 0 saturated heterocycles. The average Bonchev–Trinajstić information content (AvgIpc) is 3.69. The third-order valence-corrected chi connectivity index (χ3v) is 9.02. The van der Waals surface area contributed by atoms with Crippen molar-refractivity contribution in [2.24, 2.45) is 0 Å². The van der Waals surface area contributed by atoms with Crippen molar-refractivity contribution in [3.63, 3.8) is 0 Å². The Labute approximate surface area is 286 Å². The van der Waals surface area contributed by atoms with E-state index in [1.165, 1.54) is 5.56 Å². The molecular weight excluding hydrogens is 612 g/mol. The van der Waals surface area contributed by atoms with Gasteiger partial charge in [-0.25, -0.2) is 0 Å². The SMILES string of the molecule is COc1ccc(CCn2cc(-c3ccc(OC)cc3)c3c4c([nH]c5c(OC(C)(C)C)cccc54)c(OC)c(-c4ccc(OC)cc4)c32)cc1. The zero-order valence-corrected chi connectivity index (χ0v) is 29.1. The van der Waals surface area contributed by atoms with Gasteiger partial charge in [0.05, 0.1) is 50.6 Å². The lowest BCUT2D eigenvalue weighted by atomic mass is 9.94. The fourth-order valence-electron chi connectivity index (χ4n) is 6.78. The van der Waals surface area contributed by atoms with E-state index in [2.05, 4.69) is 85.1 Å². The van der Waals surface area contributed by atoms with Crippen molar-refractivity contribution >= 4 is 32.7 Å². The zero-order valence-electron chi connectivity index (χ0n) is 29.1. The smallest absolute Gasteiger partial charge is 0.152 e. The number of para-hydroxylation sites is 1. The molecule has 0 aliphatic rings. The molecule has 0 unspecified atom stereocenters. The number of fused-ring (bicyclic) bond motifs is 5. The first kappa shape index (κ1) is 32.0. The van der Waals surface area contributed by atoms with Gasteiger partial charge in [0.1, 0.15) is 28.6 Å². The fourth-order valence-corrected chi connectivity index (χ4v) is 6.78. The van der Waals surface area contributed by atoms with Gasteiger partial charge in [-0.1, -0.05) is 48.5 Å². The minimum absolute atomic E-state index is 0.377. The van der Waals surface area contributed by atoms with Crippen LogP contribution in [0.3, 0.4) is 0 Å². The summed E-state index contributed by atoms with van der Waals surface area (Å²) in [5.74, 6) is 4.03. The predicted octanol–water partition coefficient (Wildman–Crippen LogP) is 10.1. The Bertz CT molecular complexity index is 2260. The van der Waals surface area contributed by atoms with E-state index >= 15 is 0 Å². The Morgan fingerprint density at radius 1 is 0.633 bits per heavy atom. The number of methoxy groups -OCH3 is 4. The van der Waals surface area contributed by atoms with Gasteiger partial charge in [-0.2, -0.15) is 0 Å². The molecule has 7 nitrogen and oxygen atoms in total. The molecule has 0 aliphatic carbocycles. The monoisotopic (exact) mass is 654 g/mol. The molecular formula is C42H42N2O5. The topological polar surface area (TPSA) is 66.9 Å². The molecule has 2 heterocycles. The highest BCUT2D eigenvalue weighted by Crippen LogP contribution is 2.51. The Morgan fingerprint density at radius 3 is 1.80 bits per heavy atom. The van der Waals surface area contributed by atoms with Crippen LogP contribution >= 0.6 is 0 Å². The number of nitrogens with zero attached hydrogens (tertiary/aromatic N) is 1. The Balaban J connectivity index is 1.59. The van der Waals surface area contributed by atoms with Crippen molar-refractivity contribution in [2.45, 2.75) is 39.3 Å². The van der Waals surface area contributed by atoms with E-state index in [4.69, 9.17) is 23.7 Å². The van der Waals surface area contributed by atoms with Crippen LogP contribution in [0.2, 0.25) is 0 Å². The molecule has 0 amide bonds. The number of hydrogen-bond donors (Lipinski definition) is 1. The van der Waals surface area contributed by atoms with Crippen molar-refractivity contribution in [1.82, 2.24) is 9.55 Å². The van der Waals surface area contributed by atoms with Gasteiger partial charge in [-0.15, -0.1) is 0 Å². The number of ether oxygens (including phenoxy) is 5. The molecule has 0 fully saturated rings. The summed E-state index contributed by atoms with van der Waals surface area (Å²) in [5, 5.41) is 3.30. The summed E-state index contributed by atoms with van der Waals surface area (Å²) in [7, 11) is 6.83. The third kappa shape index (κ3) is 5.90. The van der Waals surface area contributed by atoms with E-state index in [1.807, 2.05) is 42.5 Å². The van der Waals surface area contributed by atoms with Crippen molar-refractivity contribution in [1.29, 1.82) is 0 Å². The first-order valence-corrected chi connectivity index (χ1v) is 16.5. The van der Waals surface area contributed by atoms with Gasteiger partial charge < -0.3 is 33.2 Å². The van der Waals surface area contributed by atoms with Gasteiger partial charge in [-0.05, 0) is 86.3 Å². The molecule has 1 N–H and O–H groups in total. The number of benzene rings is 5. The quantitative estimate of drug-likeness (QED) is 0.159. The summed E-state index contributed by atoms with van der Waals surface area (Å²) in [5.41, 5.74) is 8.05. The molecule has 5 aromatic carbocycles. The second-order valence-electron chi connectivity index (χ2n) is 13.2. The van der Waals surface area contributed by atoms with Gasteiger partial charge in [0.2, 0.25) is 0 Å². The highest BCUT2D eigenvalue weighted by molar-refractivity contribution is 6.29. The first-order valence-electron chi connectivity index (χ1n) is 16.5. The number of aryl methyl sites for hydroxylation is 2. The molecule has 0 atom stereocenters. The van der Waals surface area contributed by atoms with E-state index in [1.54, 1.807) is 28.4 Å². The number of H-pyrrole nitrogens is 1. The minimum Gasteiger partial charge on any atom is -0.497 e. The zero-order chi connectivity index (χ0) is 34.3. The van der Waals surface area contributed by atoms with E-state index in [-0.39, 0.29) is 5.60 Å². The van der Waals surface area contributed by atoms with Gasteiger partial charge in [0.25, 0.3) is 0 Å². The van der Waals surface area contributed by atoms with Crippen molar-refractivity contribution in [3.8, 4) is 51.0 Å². The van der Waals surface area contributed by atoms with Crippen molar-refractivity contribution in [2.75, 3.05) is 28.4 Å². The summed E-state index contributed by atoms with van der Waals surface area (Å²) < 4.78 is 31.8. The molecule has 0 aliphatic heterocycles. The van der Waals surface area contributed by atoms with E-state index in [0.717, 1.165) is 96.7 Å². The molecule has 0 spiro atoms. The number of hydrogen-bond acceptors (Lipinski definition) is 5. The largest absolute Gasteiger partial charge is 0.497 e. The summed E-state index contributed by atoms with van der Waals surface area (Å²) in [6, 6.07) is 31.1. The molecule has 0 saturated carbocycles. The Hall–Kier alpha value is -5.56. The third-order valence-electron chi connectivity index (χ3n) is 9.02. The lowest BCUT2D eigenvalue weighted by molar-refractivity contribution is 0.133. The standard InChI is InChI=1S/C42H42N2O5/c1-42(2,3)49-34-10-8-9-32-36-37-33(27-13-19-30(46-5)20-14-27)25-44(24-23-26-11-17-29(45-4)18-12-26)40(37)35(28-15-21-31(47-6)22-16-28)41(48-7)39(36)43-38(32)34/h8-22,25,43H,23-24H2,1-7H3. The Morgan fingerprint density at radius 2 is 1.22 bits per heavy atom. The van der Waals surface area contributed by atoms with Gasteiger partial charge >= 0.3 is 0 Å². The fraction of sp³-hybridized carbons (Fsp3) is 0.238. The second-order valence-corrected chi connectivity index (χ2v) is 13.2. The van der Waals surface area contributed by atoms with Crippen LogP contribution in [-0.2, 0) is 13.0 Å². The van der Waals surface area contributed by atoms with E-state index in [0.29, 0.717) is 0 Å². The Kier molecular flexibility index (Phi) is 8.37. The maximum absolute atomic E-state index is 6.51. The molecule has 0 bridgehead atoms. The van der Waals surface area contributed by atoms with Crippen LogP contribution in [0.4, 0.5) is 0 Å². The van der Waals surface area contributed by atoms with Gasteiger partial charge in [-0.3, -0.25) is 0 Å². The number of nitrogens with one attached hydrogen (secondary N) is 1. The minimum atomic E-state index is -0.377. The summed E-state index contributed by atoms with van der Waals surface area (Å²) >= 11 is 0. The number of aromatic amines is 1. The predicted molar refractivity (Wildman–Crippen MR) is 199 cm³/mol. The summed E-state index contributed by atoms with van der Waals surface area (Å²) in [6.45, 7) is 6.96.